The van der Waals surface area contributed by atoms with Gasteiger partial charge in [0.05, 0.1) is 23.4 Å². The average Bonchev–Trinajstić information content (AvgIpc) is 3.22. The van der Waals surface area contributed by atoms with E-state index in [1.165, 1.54) is 0 Å². The maximum atomic E-state index is 11.6. The van der Waals surface area contributed by atoms with Crippen LogP contribution < -0.4 is 0 Å². The minimum Gasteiger partial charge on any atom is -0.477 e. The van der Waals surface area contributed by atoms with Crippen LogP contribution in [0, 0.1) is 0 Å². The van der Waals surface area contributed by atoms with E-state index in [1.807, 2.05) is 30.3 Å². The molecule has 1 unspecified atom stereocenters. The highest BCUT2D eigenvalue weighted by atomic mass is 16.5. The van der Waals surface area contributed by atoms with Crippen molar-refractivity contribution >= 4 is 5.90 Å². The van der Waals surface area contributed by atoms with Crippen molar-refractivity contribution in [2.24, 2.45) is 4.99 Å². The monoisotopic (exact) mass is 478 g/mol. The molecule has 6 rings (SSSR count). The quantitative estimate of drug-likeness (QED) is 0.279. The second-order valence-electron chi connectivity index (χ2n) is 10.2. The smallest absolute Gasteiger partial charge is 0.203 e. The number of aliphatic imine (C=N–C) groups is 1. The molecule has 0 bridgehead atoms. The number of benzene rings is 3. The number of aliphatic hydroxyl groups excluding tert-OH is 1. The predicted molar refractivity (Wildman–Crippen MR) is 140 cm³/mol. The van der Waals surface area contributed by atoms with E-state index in [9.17, 15) is 5.11 Å². The highest BCUT2D eigenvalue weighted by molar-refractivity contribution is 5.88. The van der Waals surface area contributed by atoms with Crippen molar-refractivity contribution in [1.82, 2.24) is 4.90 Å². The molecular weight excluding hydrogens is 448 g/mol. The van der Waals surface area contributed by atoms with Gasteiger partial charge in [0, 0.05) is 0 Å². The molecule has 3 heterocycles. The highest BCUT2D eigenvalue weighted by Gasteiger charge is 2.66. The molecule has 0 amide bonds. The Balaban J connectivity index is 1.61. The average molecular weight is 479 g/mol. The van der Waals surface area contributed by atoms with Crippen LogP contribution in [-0.2, 0) is 10.3 Å². The Bertz CT molecular complexity index is 1240. The van der Waals surface area contributed by atoms with Crippen molar-refractivity contribution in [3.05, 3.63) is 132 Å². The van der Waals surface area contributed by atoms with Crippen molar-refractivity contribution in [2.75, 3.05) is 6.61 Å². The van der Waals surface area contributed by atoms with Gasteiger partial charge in [-0.1, -0.05) is 91.0 Å². The first kappa shape index (κ1) is 22.8. The number of hydrogen-bond donors (Lipinski definition) is 1. The normalized spacial score (nSPS) is 23.5. The molecule has 2 aliphatic rings. The van der Waals surface area contributed by atoms with E-state index in [0.29, 0.717) is 18.3 Å². The summed E-state index contributed by atoms with van der Waals surface area (Å²) in [7, 11) is 0. The van der Waals surface area contributed by atoms with Crippen LogP contribution >= 0.6 is 0 Å². The largest absolute Gasteiger partial charge is 0.477 e. The van der Waals surface area contributed by atoms with Gasteiger partial charge in [-0.05, 0) is 42.7 Å². The van der Waals surface area contributed by atoms with Gasteiger partial charge in [0.15, 0.2) is 0 Å². The molecule has 182 valence electrons. The van der Waals surface area contributed by atoms with Gasteiger partial charge in [0.1, 0.15) is 24.5 Å². The van der Waals surface area contributed by atoms with E-state index in [1.54, 1.807) is 6.26 Å². The van der Waals surface area contributed by atoms with Gasteiger partial charge in [0.25, 0.3) is 0 Å². The number of hydrogen-bond acceptors (Lipinski definition) is 5. The fourth-order valence-electron chi connectivity index (χ4n) is 5.65. The Kier molecular flexibility index (Phi) is 5.55. The van der Waals surface area contributed by atoms with E-state index in [0.717, 1.165) is 16.7 Å². The second kappa shape index (κ2) is 8.77. The standard InChI is InChI=1S/C31H30N2O3/c1-30(2)21-36-29(32-30)27-26(28(34)25-19-12-20-35-25)33(27)31(22-13-6-3-7-14-22,23-15-8-4-9-16-23)24-17-10-5-11-18-24/h3-20,26-28,34H,21H2,1-2H3/t26-,27+,28-,33?/m1/s1. The first-order valence-electron chi connectivity index (χ1n) is 12.4. The number of ether oxygens (including phenoxy) is 1. The number of rotatable bonds is 7. The number of nitrogens with zero attached hydrogens (tertiary/aromatic N) is 2. The lowest BCUT2D eigenvalue weighted by Crippen LogP contribution is -2.41. The van der Waals surface area contributed by atoms with Crippen LogP contribution in [0.25, 0.3) is 0 Å². The summed E-state index contributed by atoms with van der Waals surface area (Å²) in [6.07, 6.45) is 0.752. The highest BCUT2D eigenvalue weighted by Crippen LogP contribution is 2.55. The molecule has 0 aliphatic carbocycles. The van der Waals surface area contributed by atoms with Crippen LogP contribution in [-0.4, -0.2) is 40.1 Å². The Morgan fingerprint density at radius 1 is 0.833 bits per heavy atom. The summed E-state index contributed by atoms with van der Waals surface area (Å²) in [5.41, 5.74) is 2.34. The van der Waals surface area contributed by atoms with Gasteiger partial charge in [-0.3, -0.25) is 4.90 Å². The Hall–Kier alpha value is -3.67. The molecule has 0 saturated carbocycles. The van der Waals surface area contributed by atoms with Gasteiger partial charge < -0.3 is 14.3 Å². The molecule has 5 heteroatoms. The number of furan rings is 1. The van der Waals surface area contributed by atoms with E-state index in [-0.39, 0.29) is 17.6 Å². The van der Waals surface area contributed by atoms with E-state index < -0.39 is 11.6 Å². The second-order valence-corrected chi connectivity index (χ2v) is 10.2. The van der Waals surface area contributed by atoms with Gasteiger partial charge in [-0.15, -0.1) is 0 Å². The minimum atomic E-state index is -0.851. The Morgan fingerprint density at radius 3 is 1.78 bits per heavy atom. The van der Waals surface area contributed by atoms with Gasteiger partial charge in [-0.25, -0.2) is 4.99 Å². The van der Waals surface area contributed by atoms with E-state index in [2.05, 4.69) is 91.5 Å². The predicted octanol–water partition coefficient (Wildman–Crippen LogP) is 5.57. The summed E-state index contributed by atoms with van der Waals surface area (Å²) in [5.74, 6) is 1.20. The van der Waals surface area contributed by atoms with Crippen molar-refractivity contribution < 1.29 is 14.3 Å². The van der Waals surface area contributed by atoms with E-state index in [4.69, 9.17) is 14.1 Å². The van der Waals surface area contributed by atoms with Crippen LogP contribution in [0.1, 0.15) is 42.4 Å². The molecule has 0 spiro atoms. The fourth-order valence-corrected chi connectivity index (χ4v) is 5.65. The SMILES string of the molecule is CC1(C)COC([C@@H]2[C@H]([C@H](O)c3ccco3)N2C(c2ccccc2)(c2ccccc2)c2ccccc2)=N1. The lowest BCUT2D eigenvalue weighted by molar-refractivity contribution is 0.119. The summed E-state index contributed by atoms with van der Waals surface area (Å²) in [6.45, 7) is 4.66. The third kappa shape index (κ3) is 3.67. The lowest BCUT2D eigenvalue weighted by Gasteiger charge is -2.39. The molecule has 36 heavy (non-hydrogen) atoms. The molecule has 0 radical (unpaired) electrons. The van der Waals surface area contributed by atoms with E-state index >= 15 is 0 Å². The zero-order valence-corrected chi connectivity index (χ0v) is 20.5. The molecule has 1 N–H and O–H groups in total. The zero-order chi connectivity index (χ0) is 24.8. The third-order valence-corrected chi connectivity index (χ3v) is 7.21. The first-order valence-corrected chi connectivity index (χ1v) is 12.4. The van der Waals surface area contributed by atoms with Crippen LogP contribution in [0.5, 0.6) is 0 Å². The van der Waals surface area contributed by atoms with Crippen molar-refractivity contribution in [1.29, 1.82) is 0 Å². The number of aliphatic hydroxyl groups is 1. The summed E-state index contributed by atoms with van der Waals surface area (Å²) in [6, 6.07) is 34.6. The maximum Gasteiger partial charge on any atom is 0.203 e. The molecule has 4 aromatic rings. The molecule has 1 saturated heterocycles. The minimum absolute atomic E-state index is 0.229. The molecule has 1 aromatic heterocycles. The van der Waals surface area contributed by atoms with Crippen LogP contribution in [0.3, 0.4) is 0 Å². The molecule has 5 nitrogen and oxygen atoms in total. The summed E-state index contributed by atoms with van der Waals surface area (Å²) >= 11 is 0. The molecule has 3 aromatic carbocycles. The molecule has 4 atom stereocenters. The molecular formula is C31H30N2O3. The van der Waals surface area contributed by atoms with Crippen LogP contribution in [0.15, 0.2) is 119 Å². The molecule has 2 aliphatic heterocycles. The van der Waals surface area contributed by atoms with Crippen LogP contribution in [0.2, 0.25) is 0 Å². The van der Waals surface area contributed by atoms with Gasteiger partial charge in [-0.2, -0.15) is 0 Å². The zero-order valence-electron chi connectivity index (χ0n) is 20.5. The molecule has 1 fully saturated rings. The van der Waals surface area contributed by atoms with Crippen LogP contribution in [0.4, 0.5) is 0 Å². The first-order chi connectivity index (χ1) is 17.5. The fraction of sp³-hybridized carbons (Fsp3) is 0.258. The topological polar surface area (TPSA) is 58.0 Å². The van der Waals surface area contributed by atoms with Crippen molar-refractivity contribution in [2.45, 2.75) is 43.1 Å². The third-order valence-electron chi connectivity index (χ3n) is 7.21. The van der Waals surface area contributed by atoms with Crippen molar-refractivity contribution in [3.8, 4) is 0 Å². The van der Waals surface area contributed by atoms with Gasteiger partial charge >= 0.3 is 0 Å². The van der Waals surface area contributed by atoms with Crippen molar-refractivity contribution in [3.63, 3.8) is 0 Å². The summed E-state index contributed by atoms with van der Waals surface area (Å²) in [4.78, 5) is 7.30. The Morgan fingerprint density at radius 2 is 1.36 bits per heavy atom. The maximum absolute atomic E-state index is 11.6. The lowest BCUT2D eigenvalue weighted by atomic mass is 9.76. The summed E-state index contributed by atoms with van der Waals surface area (Å²) < 4.78 is 11.9. The van der Waals surface area contributed by atoms with Gasteiger partial charge in [0.2, 0.25) is 5.90 Å². The Labute approximate surface area is 211 Å². The summed E-state index contributed by atoms with van der Waals surface area (Å²) in [5, 5.41) is 11.6.